The normalized spacial score (nSPS) is 35.7. The van der Waals surface area contributed by atoms with E-state index in [1.165, 1.54) is 6.07 Å². The van der Waals surface area contributed by atoms with Crippen LogP contribution >= 0.6 is 0 Å². The smallest absolute Gasteiger partial charge is 0.163 e. The van der Waals surface area contributed by atoms with Crippen LogP contribution < -0.4 is 5.73 Å². The predicted molar refractivity (Wildman–Crippen MR) is 71.2 cm³/mol. The zero-order valence-corrected chi connectivity index (χ0v) is 11.9. The van der Waals surface area contributed by atoms with Crippen LogP contribution in [0.1, 0.15) is 31.9 Å². The van der Waals surface area contributed by atoms with E-state index >= 15 is 0 Å². The summed E-state index contributed by atoms with van der Waals surface area (Å²) in [6.07, 6.45) is -1.10. The molecule has 5 atom stereocenters. The van der Waals surface area contributed by atoms with Crippen molar-refractivity contribution in [3.8, 4) is 0 Å². The van der Waals surface area contributed by atoms with Crippen LogP contribution in [0.15, 0.2) is 18.2 Å². The molecule has 1 heterocycles. The zero-order valence-electron chi connectivity index (χ0n) is 11.9. The molecule has 6 heteroatoms. The molecule has 1 aromatic rings. The first-order chi connectivity index (χ1) is 9.78. The maximum atomic E-state index is 13.3. The van der Waals surface area contributed by atoms with Gasteiger partial charge in [0.15, 0.2) is 17.4 Å². The summed E-state index contributed by atoms with van der Waals surface area (Å²) in [5.74, 6) is -2.97. The molecule has 1 aliphatic heterocycles. The number of hydrogen-bond acceptors (Lipinski definition) is 4. The Bertz CT molecular complexity index is 552. The second kappa shape index (κ2) is 4.98. The van der Waals surface area contributed by atoms with Crippen molar-refractivity contribution in [1.29, 1.82) is 0 Å². The minimum atomic E-state index is -0.977. The maximum Gasteiger partial charge on any atom is 0.163 e. The summed E-state index contributed by atoms with van der Waals surface area (Å²) in [6.45, 7) is 3.58. The molecule has 1 saturated heterocycles. The number of benzene rings is 1. The molecule has 0 bridgehead atoms. The van der Waals surface area contributed by atoms with Gasteiger partial charge >= 0.3 is 0 Å². The van der Waals surface area contributed by atoms with Gasteiger partial charge in [0.2, 0.25) is 0 Å². The van der Waals surface area contributed by atoms with E-state index in [9.17, 15) is 13.9 Å². The molecule has 0 radical (unpaired) electrons. The first kappa shape index (κ1) is 14.8. The number of hydrogen-bond donors (Lipinski definition) is 2. The minimum absolute atomic E-state index is 0.248. The Kier molecular flexibility index (Phi) is 3.52. The second-order valence-electron chi connectivity index (χ2n) is 6.25. The number of aliphatic hydroxyl groups excluding tert-OH is 1. The van der Waals surface area contributed by atoms with Crippen LogP contribution in [-0.2, 0) is 9.47 Å². The van der Waals surface area contributed by atoms with E-state index < -0.39 is 23.5 Å². The van der Waals surface area contributed by atoms with Crippen molar-refractivity contribution in [3.05, 3.63) is 35.4 Å². The number of aliphatic hydroxyl groups is 1. The van der Waals surface area contributed by atoms with E-state index in [0.29, 0.717) is 12.0 Å². The third kappa shape index (κ3) is 2.57. The number of nitrogens with two attached hydrogens (primary N) is 1. The monoisotopic (exact) mass is 299 g/mol. The summed E-state index contributed by atoms with van der Waals surface area (Å²) in [5, 5.41) is 10.5. The minimum Gasteiger partial charge on any atom is -0.388 e. The molecule has 1 unspecified atom stereocenters. The van der Waals surface area contributed by atoms with E-state index in [2.05, 4.69) is 0 Å². The van der Waals surface area contributed by atoms with E-state index in [4.69, 9.17) is 15.2 Å². The van der Waals surface area contributed by atoms with E-state index in [-0.39, 0.29) is 24.2 Å². The molecule has 1 aromatic carbocycles. The van der Waals surface area contributed by atoms with Gasteiger partial charge in [-0.25, -0.2) is 8.78 Å². The lowest BCUT2D eigenvalue weighted by Gasteiger charge is -2.26. The Hall–Kier alpha value is -1.08. The molecule has 0 aromatic heterocycles. The van der Waals surface area contributed by atoms with Crippen molar-refractivity contribution in [1.82, 2.24) is 0 Å². The molecule has 2 fully saturated rings. The summed E-state index contributed by atoms with van der Waals surface area (Å²) >= 11 is 0. The summed E-state index contributed by atoms with van der Waals surface area (Å²) in [5.41, 5.74) is 6.37. The number of halogens is 2. The van der Waals surface area contributed by atoms with Crippen molar-refractivity contribution in [3.63, 3.8) is 0 Å². The molecule has 1 aliphatic carbocycles. The molecule has 0 amide bonds. The van der Waals surface area contributed by atoms with E-state index in [1.54, 1.807) is 13.8 Å². The highest BCUT2D eigenvalue weighted by atomic mass is 19.2. The third-order valence-electron chi connectivity index (χ3n) is 4.24. The molecule has 3 N–H and O–H groups in total. The lowest BCUT2D eigenvalue weighted by atomic mass is 9.92. The zero-order chi connectivity index (χ0) is 15.4. The highest BCUT2D eigenvalue weighted by Gasteiger charge is 2.54. The first-order valence-electron chi connectivity index (χ1n) is 7.03. The van der Waals surface area contributed by atoms with Gasteiger partial charge in [0.05, 0.1) is 12.2 Å². The van der Waals surface area contributed by atoms with E-state index in [1.807, 2.05) is 0 Å². The SMILES string of the molecule is CC1(C)O[C@@H]2[C@H](O1)[C@@H](C(O)c1ccc(F)c(F)c1)C[C@H]2N. The van der Waals surface area contributed by atoms with Gasteiger partial charge in [-0.15, -0.1) is 0 Å². The molecule has 4 nitrogen and oxygen atoms in total. The van der Waals surface area contributed by atoms with Crippen LogP contribution in [0.25, 0.3) is 0 Å². The summed E-state index contributed by atoms with van der Waals surface area (Å²) in [7, 11) is 0. The Morgan fingerprint density at radius 1 is 1.24 bits per heavy atom. The lowest BCUT2D eigenvalue weighted by molar-refractivity contribution is -0.162. The van der Waals surface area contributed by atoms with Crippen LogP contribution in [-0.4, -0.2) is 29.1 Å². The fourth-order valence-electron chi connectivity index (χ4n) is 3.31. The van der Waals surface area contributed by atoms with Gasteiger partial charge in [0.25, 0.3) is 0 Å². The van der Waals surface area contributed by atoms with Gasteiger partial charge < -0.3 is 20.3 Å². The van der Waals surface area contributed by atoms with Crippen LogP contribution in [0.3, 0.4) is 0 Å². The van der Waals surface area contributed by atoms with Crippen LogP contribution in [0.4, 0.5) is 8.78 Å². The van der Waals surface area contributed by atoms with Crippen molar-refractivity contribution in [2.24, 2.45) is 11.7 Å². The Morgan fingerprint density at radius 3 is 2.57 bits per heavy atom. The third-order valence-corrected chi connectivity index (χ3v) is 4.24. The van der Waals surface area contributed by atoms with Gasteiger partial charge in [0, 0.05) is 12.0 Å². The van der Waals surface area contributed by atoms with Crippen molar-refractivity contribution in [2.75, 3.05) is 0 Å². The van der Waals surface area contributed by atoms with Crippen LogP contribution in [0, 0.1) is 17.6 Å². The Labute approximate surface area is 121 Å². The molecular weight excluding hydrogens is 280 g/mol. The van der Waals surface area contributed by atoms with Gasteiger partial charge in [-0.05, 0) is 38.0 Å². The number of rotatable bonds is 2. The molecule has 21 heavy (non-hydrogen) atoms. The molecule has 3 rings (SSSR count). The van der Waals surface area contributed by atoms with Gasteiger partial charge in [-0.2, -0.15) is 0 Å². The van der Waals surface area contributed by atoms with Crippen molar-refractivity contribution >= 4 is 0 Å². The fourth-order valence-corrected chi connectivity index (χ4v) is 3.31. The molecule has 1 saturated carbocycles. The maximum absolute atomic E-state index is 13.3. The summed E-state index contributed by atoms with van der Waals surface area (Å²) in [4.78, 5) is 0. The standard InChI is InChI=1S/C15H19F2NO3/c1-15(2)20-13-8(6-11(18)14(13)21-15)12(19)7-3-4-9(16)10(17)5-7/h3-5,8,11-14,19H,6,18H2,1-2H3/t8-,11-,12?,13-,14+/m1/s1. The van der Waals surface area contributed by atoms with Crippen molar-refractivity contribution < 1.29 is 23.4 Å². The lowest BCUT2D eigenvalue weighted by Crippen LogP contribution is -2.35. The van der Waals surface area contributed by atoms with Crippen LogP contribution in [0.2, 0.25) is 0 Å². The molecule has 2 aliphatic rings. The Balaban J connectivity index is 1.84. The molecular formula is C15H19F2NO3. The van der Waals surface area contributed by atoms with Gasteiger partial charge in [-0.3, -0.25) is 0 Å². The van der Waals surface area contributed by atoms with Gasteiger partial charge in [0.1, 0.15) is 6.10 Å². The number of ether oxygens (including phenoxy) is 2. The largest absolute Gasteiger partial charge is 0.388 e. The Morgan fingerprint density at radius 2 is 1.90 bits per heavy atom. The van der Waals surface area contributed by atoms with Gasteiger partial charge in [-0.1, -0.05) is 6.07 Å². The summed E-state index contributed by atoms with van der Waals surface area (Å²) < 4.78 is 37.9. The number of fused-ring (bicyclic) bond motifs is 1. The quantitative estimate of drug-likeness (QED) is 0.875. The molecule has 116 valence electrons. The first-order valence-corrected chi connectivity index (χ1v) is 7.03. The molecule has 0 spiro atoms. The fraction of sp³-hybridized carbons (Fsp3) is 0.600. The topological polar surface area (TPSA) is 64.7 Å². The van der Waals surface area contributed by atoms with E-state index in [0.717, 1.165) is 12.1 Å². The average molecular weight is 299 g/mol. The van der Waals surface area contributed by atoms with Crippen molar-refractivity contribution in [2.45, 2.75) is 50.4 Å². The predicted octanol–water partition coefficient (Wildman–Crippen LogP) is 1.87. The second-order valence-corrected chi connectivity index (χ2v) is 6.25. The highest BCUT2D eigenvalue weighted by Crippen LogP contribution is 2.45. The average Bonchev–Trinajstić information content (AvgIpc) is 2.87. The summed E-state index contributed by atoms with van der Waals surface area (Å²) in [6, 6.07) is 3.15. The van der Waals surface area contributed by atoms with Crippen LogP contribution in [0.5, 0.6) is 0 Å². The highest BCUT2D eigenvalue weighted by molar-refractivity contribution is 5.22.